The molecule has 0 spiro atoms. The van der Waals surface area contributed by atoms with E-state index in [4.69, 9.17) is 20.4 Å². The Bertz CT molecular complexity index is 330. The number of aliphatic carboxylic acids is 4. The average molecular weight is 428 g/mol. The molecule has 0 unspecified atom stereocenters. The molecule has 0 radical (unpaired) electrons. The molecule has 0 aromatic carbocycles. The van der Waals surface area contributed by atoms with Crippen molar-refractivity contribution < 1.29 is 199 Å². The van der Waals surface area contributed by atoms with Crippen LogP contribution in [0.15, 0.2) is 0 Å². The molecule has 0 atom stereocenters. The van der Waals surface area contributed by atoms with Crippen LogP contribution in [0, 0.1) is 0 Å². The fourth-order valence-electron chi connectivity index (χ4n) is 1.48. The maximum atomic E-state index is 10.6. The number of carboxylic acids is 4. The zero-order chi connectivity index (χ0) is 15.7. The summed E-state index contributed by atoms with van der Waals surface area (Å²) in [7, 11) is 0. The molecule has 0 aromatic heterocycles. The molecule has 0 aliphatic rings. The number of hydrogen-bond donors (Lipinski definition) is 4. The summed E-state index contributed by atoms with van der Waals surface area (Å²) in [5.41, 5.74) is 0. The second kappa shape index (κ2) is 22.0. The van der Waals surface area contributed by atoms with Crippen molar-refractivity contribution in [2.45, 2.75) is 0 Å². The van der Waals surface area contributed by atoms with Crippen LogP contribution >= 0.6 is 0 Å². The third-order valence-electron chi connectivity index (χ3n) is 2.17. The van der Waals surface area contributed by atoms with E-state index in [9.17, 15) is 19.2 Å². The van der Waals surface area contributed by atoms with Gasteiger partial charge in [0.2, 0.25) is 0 Å². The largest absolute Gasteiger partial charge is 1.00 e. The summed E-state index contributed by atoms with van der Waals surface area (Å²) in [6.45, 7) is -2.25. The Morgan fingerprint density at radius 2 is 0.708 bits per heavy atom. The van der Waals surface area contributed by atoms with E-state index in [2.05, 4.69) is 0 Å². The zero-order valence-electron chi connectivity index (χ0n) is 14.1. The van der Waals surface area contributed by atoms with Crippen molar-refractivity contribution in [2.75, 3.05) is 39.3 Å². The summed E-state index contributed by atoms with van der Waals surface area (Å²) in [6.07, 6.45) is 0. The van der Waals surface area contributed by atoms with Gasteiger partial charge in [0.1, 0.15) is 0 Å². The first-order valence-electron chi connectivity index (χ1n) is 5.52. The molecule has 0 heterocycles. The number of hydrogen-bond acceptors (Lipinski definition) is 6. The van der Waals surface area contributed by atoms with E-state index < -0.39 is 50.1 Å². The minimum absolute atomic E-state index is 0. The van der Waals surface area contributed by atoms with Crippen LogP contribution in [0.5, 0.6) is 0 Å². The second-order valence-electron chi connectivity index (χ2n) is 4.00. The predicted molar refractivity (Wildman–Crippen MR) is 67.0 cm³/mol. The van der Waals surface area contributed by atoms with Crippen LogP contribution in [0.2, 0.25) is 0 Å². The molecule has 122 valence electrons. The van der Waals surface area contributed by atoms with Crippen molar-refractivity contribution in [3.8, 4) is 0 Å². The minimum Gasteiger partial charge on any atom is -0.480 e. The number of nitrogens with zero attached hydrogens (tertiary/aromatic N) is 2. The summed E-state index contributed by atoms with van der Waals surface area (Å²) < 4.78 is 0. The van der Waals surface area contributed by atoms with Gasteiger partial charge in [-0.05, 0) is 0 Å². The first-order valence-corrected chi connectivity index (χ1v) is 5.52. The van der Waals surface area contributed by atoms with Crippen molar-refractivity contribution in [2.24, 2.45) is 0 Å². The Hall–Kier alpha value is 2.67. The van der Waals surface area contributed by atoms with Gasteiger partial charge < -0.3 is 25.9 Å². The van der Waals surface area contributed by atoms with Crippen LogP contribution in [-0.2, 0) is 19.2 Å². The molecule has 0 saturated carbocycles. The Labute approximate surface area is 266 Å². The van der Waals surface area contributed by atoms with Crippen molar-refractivity contribution in [3.63, 3.8) is 0 Å². The molecule has 0 aliphatic carbocycles. The Morgan fingerprint density at radius 1 is 0.542 bits per heavy atom. The van der Waals surface area contributed by atoms with Crippen molar-refractivity contribution in [1.29, 1.82) is 0 Å². The van der Waals surface area contributed by atoms with Gasteiger partial charge in [-0.3, -0.25) is 29.0 Å². The van der Waals surface area contributed by atoms with Crippen molar-refractivity contribution in [3.05, 3.63) is 0 Å². The van der Waals surface area contributed by atoms with Gasteiger partial charge in [0.05, 0.1) is 26.2 Å². The van der Waals surface area contributed by atoms with Crippen LogP contribution in [0.4, 0.5) is 0 Å². The van der Waals surface area contributed by atoms with E-state index in [0.717, 1.165) is 9.80 Å². The Balaban J connectivity index is -0.000000301. The molecule has 24 heavy (non-hydrogen) atoms. The first-order chi connectivity index (χ1) is 9.20. The SMILES string of the molecule is O.O=C(O)CN(CCN(CC(=O)O)CC(=O)O)CC(=O)O.[K+].[K+].[K+]. The van der Waals surface area contributed by atoms with Gasteiger partial charge in [-0.1, -0.05) is 0 Å². The van der Waals surface area contributed by atoms with Gasteiger partial charge >= 0.3 is 178 Å². The smallest absolute Gasteiger partial charge is 0.480 e. The van der Waals surface area contributed by atoms with Gasteiger partial charge in [0, 0.05) is 13.1 Å². The number of rotatable bonds is 11. The number of carbonyl (C=O) groups is 4. The summed E-state index contributed by atoms with van der Waals surface area (Å²) >= 11 is 0. The molecular formula is C10H18K3N2O9+3. The van der Waals surface area contributed by atoms with Crippen LogP contribution in [0.3, 0.4) is 0 Å². The third-order valence-corrected chi connectivity index (χ3v) is 2.17. The van der Waals surface area contributed by atoms with Crippen molar-refractivity contribution >= 4 is 23.9 Å². The molecule has 14 heteroatoms. The van der Waals surface area contributed by atoms with Gasteiger partial charge in [-0.2, -0.15) is 0 Å². The average Bonchev–Trinajstić information content (AvgIpc) is 2.22. The van der Waals surface area contributed by atoms with Crippen LogP contribution in [0.25, 0.3) is 0 Å². The van der Waals surface area contributed by atoms with E-state index >= 15 is 0 Å². The third kappa shape index (κ3) is 24.7. The van der Waals surface area contributed by atoms with Crippen LogP contribution < -0.4 is 154 Å². The molecule has 0 saturated heterocycles. The van der Waals surface area contributed by atoms with Gasteiger partial charge in [0.25, 0.3) is 0 Å². The van der Waals surface area contributed by atoms with Gasteiger partial charge in [0.15, 0.2) is 0 Å². The van der Waals surface area contributed by atoms with E-state index in [1.807, 2.05) is 0 Å². The predicted octanol–water partition coefficient (Wildman–Crippen LogP) is -11.9. The maximum Gasteiger partial charge on any atom is 1.00 e. The molecule has 0 amide bonds. The first kappa shape index (κ1) is 37.4. The quantitative estimate of drug-likeness (QED) is 0.231. The second-order valence-corrected chi connectivity index (χ2v) is 4.00. The summed E-state index contributed by atoms with van der Waals surface area (Å²) in [4.78, 5) is 44.4. The molecule has 0 fully saturated rings. The maximum absolute atomic E-state index is 10.6. The minimum atomic E-state index is -1.23. The standard InChI is InChI=1S/C10H16N2O8.3K.H2O/c13-7(14)3-11(4-8(15)16)1-2-12(5-9(17)18)6-10(19)20;;;;/h1-6H2,(H,13,14)(H,15,16)(H,17,18)(H,19,20);;;;1H2/q;3*+1;. The fourth-order valence-corrected chi connectivity index (χ4v) is 1.48. The van der Waals surface area contributed by atoms with E-state index in [1.54, 1.807) is 0 Å². The topological polar surface area (TPSA) is 187 Å². The zero-order valence-corrected chi connectivity index (χ0v) is 23.4. The Kier molecular flexibility index (Phi) is 34.2. The van der Waals surface area contributed by atoms with E-state index in [1.165, 1.54) is 0 Å². The summed E-state index contributed by atoms with van der Waals surface area (Å²) in [6, 6.07) is 0. The fraction of sp³-hybridized carbons (Fsp3) is 0.600. The van der Waals surface area contributed by atoms with Crippen LogP contribution in [0.1, 0.15) is 0 Å². The monoisotopic (exact) mass is 427 g/mol. The normalized spacial score (nSPS) is 8.92. The molecule has 0 aliphatic heterocycles. The molecule has 11 nitrogen and oxygen atoms in total. The molecule has 6 N–H and O–H groups in total. The summed E-state index contributed by atoms with van der Waals surface area (Å²) in [5, 5.41) is 34.5. The van der Waals surface area contributed by atoms with Gasteiger partial charge in [-0.25, -0.2) is 0 Å². The molecule has 0 bridgehead atoms. The molecule has 0 rings (SSSR count). The van der Waals surface area contributed by atoms with Crippen molar-refractivity contribution in [1.82, 2.24) is 9.80 Å². The summed E-state index contributed by atoms with van der Waals surface area (Å²) in [5.74, 6) is -4.91. The van der Waals surface area contributed by atoms with E-state index in [-0.39, 0.29) is 173 Å². The molecular weight excluding hydrogens is 409 g/mol. The molecule has 0 aromatic rings. The van der Waals surface area contributed by atoms with Crippen LogP contribution in [-0.4, -0.2) is 98.8 Å². The number of carboxylic acid groups (broad SMARTS) is 4. The Morgan fingerprint density at radius 3 is 0.833 bits per heavy atom. The van der Waals surface area contributed by atoms with Gasteiger partial charge in [-0.15, -0.1) is 0 Å². The van der Waals surface area contributed by atoms with E-state index in [0.29, 0.717) is 0 Å².